The zero-order chi connectivity index (χ0) is 44.8. The summed E-state index contributed by atoms with van der Waals surface area (Å²) in [5, 5.41) is 25.2. The number of hydrogen-bond acceptors (Lipinski definition) is 7. The molecule has 0 aliphatic carbocycles. The minimum Gasteiger partial charge on any atom is -0.497 e. The quantitative estimate of drug-likeness (QED) is 0.130. The Morgan fingerprint density at radius 3 is 1.62 bits per heavy atom. The SMILES string of the molecule is CC(C)Oc1ccc(C(=O)N2[C@@H](c3ccccc3Cl)CC[C@H]2C(=O)O)cc1.COc1ccc(-n2nc(C(=O)N3[C@@H](c4ccccc4Cl)CC[C@H]3C(=O)O)cc2-c2ccccc2)cc1. The number of nitrogens with zero attached hydrogens (tertiary/aromatic N) is 4. The molecule has 8 rings (SSSR count). The van der Waals surface area contributed by atoms with Gasteiger partial charge in [-0.25, -0.2) is 14.3 Å². The molecule has 63 heavy (non-hydrogen) atoms. The van der Waals surface area contributed by atoms with Gasteiger partial charge in [0.25, 0.3) is 11.8 Å². The van der Waals surface area contributed by atoms with Gasteiger partial charge in [-0.05, 0) is 117 Å². The second kappa shape index (κ2) is 19.6. The summed E-state index contributed by atoms with van der Waals surface area (Å²) in [6.07, 6.45) is 1.82. The first-order valence-corrected chi connectivity index (χ1v) is 21.3. The number of amides is 2. The van der Waals surface area contributed by atoms with Crippen molar-refractivity contribution in [2.45, 2.75) is 69.8 Å². The topological polar surface area (TPSA) is 152 Å². The second-order valence-electron chi connectivity index (χ2n) is 15.4. The molecule has 12 nitrogen and oxygen atoms in total. The molecule has 3 heterocycles. The molecule has 6 aromatic rings. The molecule has 0 unspecified atom stereocenters. The molecule has 0 spiro atoms. The van der Waals surface area contributed by atoms with Crippen molar-refractivity contribution in [3.05, 3.63) is 166 Å². The molecule has 2 fully saturated rings. The predicted octanol–water partition coefficient (Wildman–Crippen LogP) is 10.2. The average molecular weight is 890 g/mol. The Bertz CT molecular complexity index is 2580. The number of ether oxygens (including phenoxy) is 2. The average Bonchev–Trinajstić information content (AvgIpc) is 4.05. The number of methoxy groups -OCH3 is 1. The minimum absolute atomic E-state index is 0.0335. The van der Waals surface area contributed by atoms with E-state index in [1.807, 2.05) is 105 Å². The van der Waals surface area contributed by atoms with Crippen LogP contribution in [-0.4, -0.2) is 78.8 Å². The lowest BCUT2D eigenvalue weighted by Crippen LogP contribution is -2.42. The molecule has 2 amide bonds. The maximum Gasteiger partial charge on any atom is 0.326 e. The van der Waals surface area contributed by atoms with E-state index in [9.17, 15) is 29.4 Å². The van der Waals surface area contributed by atoms with Gasteiger partial charge in [-0.1, -0.05) is 89.9 Å². The van der Waals surface area contributed by atoms with Gasteiger partial charge in [0.2, 0.25) is 0 Å². The second-order valence-corrected chi connectivity index (χ2v) is 16.3. The van der Waals surface area contributed by atoms with Crippen molar-refractivity contribution >= 4 is 47.0 Å². The van der Waals surface area contributed by atoms with Gasteiger partial charge in [0, 0.05) is 21.2 Å². The Labute approximate surface area is 375 Å². The number of hydrogen-bond donors (Lipinski definition) is 2. The van der Waals surface area contributed by atoms with Gasteiger partial charge in [0.1, 0.15) is 23.6 Å². The molecule has 0 bridgehead atoms. The highest BCUT2D eigenvalue weighted by molar-refractivity contribution is 6.31. The minimum atomic E-state index is -1.05. The summed E-state index contributed by atoms with van der Waals surface area (Å²) in [4.78, 5) is 53.8. The van der Waals surface area contributed by atoms with Gasteiger partial charge in [0.05, 0.1) is 36.7 Å². The van der Waals surface area contributed by atoms with Gasteiger partial charge < -0.3 is 29.5 Å². The van der Waals surface area contributed by atoms with Gasteiger partial charge in [-0.15, -0.1) is 0 Å². The fourth-order valence-electron chi connectivity index (χ4n) is 8.22. The van der Waals surface area contributed by atoms with E-state index in [0.29, 0.717) is 58.5 Å². The predicted molar refractivity (Wildman–Crippen MR) is 240 cm³/mol. The fraction of sp³-hybridized carbons (Fsp3) is 0.245. The Balaban J connectivity index is 0.000000197. The highest BCUT2D eigenvalue weighted by Crippen LogP contribution is 2.42. The van der Waals surface area contributed by atoms with Gasteiger partial charge in [-0.3, -0.25) is 9.59 Å². The summed E-state index contributed by atoms with van der Waals surface area (Å²) < 4.78 is 12.6. The highest BCUT2D eigenvalue weighted by Gasteiger charge is 2.44. The van der Waals surface area contributed by atoms with Crippen LogP contribution in [-0.2, 0) is 9.59 Å². The Kier molecular flexibility index (Phi) is 13.8. The fourth-order valence-corrected chi connectivity index (χ4v) is 8.75. The van der Waals surface area contributed by atoms with Crippen molar-refractivity contribution in [3.63, 3.8) is 0 Å². The van der Waals surface area contributed by atoms with Crippen molar-refractivity contribution in [2.24, 2.45) is 0 Å². The van der Waals surface area contributed by atoms with Crippen LogP contribution in [0.15, 0.2) is 133 Å². The molecule has 2 aliphatic heterocycles. The number of carboxylic acids is 2. The lowest BCUT2D eigenvalue weighted by atomic mass is 10.0. The van der Waals surface area contributed by atoms with Crippen LogP contribution in [0.2, 0.25) is 10.0 Å². The van der Waals surface area contributed by atoms with Crippen LogP contribution in [0.3, 0.4) is 0 Å². The number of aliphatic carboxylic acids is 2. The molecule has 2 aliphatic rings. The van der Waals surface area contributed by atoms with E-state index >= 15 is 0 Å². The van der Waals surface area contributed by atoms with Gasteiger partial charge in [-0.2, -0.15) is 5.10 Å². The summed E-state index contributed by atoms with van der Waals surface area (Å²) in [6, 6.07) is 37.3. The van der Waals surface area contributed by atoms with Crippen LogP contribution < -0.4 is 9.47 Å². The monoisotopic (exact) mass is 888 g/mol. The van der Waals surface area contributed by atoms with Crippen LogP contribution in [0, 0.1) is 0 Å². The van der Waals surface area contributed by atoms with E-state index in [2.05, 4.69) is 5.10 Å². The third-order valence-electron chi connectivity index (χ3n) is 11.1. The number of likely N-dealkylation sites (tertiary alicyclic amines) is 2. The number of benzene rings is 5. The number of carboxylic acid groups (broad SMARTS) is 2. The molecular formula is C49H46Cl2N4O8. The standard InChI is InChI=1S/C28H24ClN3O4.C21H22ClNO4/c1-36-20-13-11-19(12-14-20)32-26(18-7-3-2-4-8-18)17-23(30-32)27(33)31-24(15-16-25(31)28(34)35)21-9-5-6-10-22(21)29;1-13(2)27-15-9-7-14(8-10-15)20(24)23-18(11-12-19(23)21(25)26)16-5-3-4-6-17(16)22/h2-14,17,24-25H,15-16H2,1H3,(H,34,35);3-10,13,18-19H,11-12H2,1-2H3,(H,25,26)/t24-,25+;18-,19+/m11/s1. The summed E-state index contributed by atoms with van der Waals surface area (Å²) in [5.74, 6) is -1.45. The number of rotatable bonds is 11. The lowest BCUT2D eigenvalue weighted by molar-refractivity contribution is -0.142. The number of halogens is 2. The van der Waals surface area contributed by atoms with Crippen LogP contribution >= 0.6 is 23.2 Å². The van der Waals surface area contributed by atoms with E-state index in [-0.39, 0.29) is 23.7 Å². The van der Waals surface area contributed by atoms with Crippen molar-refractivity contribution < 1.29 is 38.9 Å². The number of carbonyl (C=O) groups excluding carboxylic acids is 2. The van der Waals surface area contributed by atoms with Crippen molar-refractivity contribution in [1.82, 2.24) is 19.6 Å². The molecule has 0 saturated carbocycles. The number of aromatic nitrogens is 2. The van der Waals surface area contributed by atoms with Crippen molar-refractivity contribution in [3.8, 4) is 28.4 Å². The van der Waals surface area contributed by atoms with E-state index in [4.69, 9.17) is 32.7 Å². The molecule has 0 radical (unpaired) electrons. The van der Waals surface area contributed by atoms with E-state index in [0.717, 1.165) is 22.4 Å². The Hall–Kier alpha value is -6.63. The summed E-state index contributed by atoms with van der Waals surface area (Å²) in [7, 11) is 1.60. The Morgan fingerprint density at radius 2 is 1.13 bits per heavy atom. The smallest absolute Gasteiger partial charge is 0.326 e. The van der Waals surface area contributed by atoms with E-state index < -0.39 is 36.0 Å². The zero-order valence-corrected chi connectivity index (χ0v) is 36.3. The molecule has 14 heteroatoms. The molecular weight excluding hydrogens is 843 g/mol. The molecule has 2 saturated heterocycles. The first-order chi connectivity index (χ1) is 30.4. The third-order valence-corrected chi connectivity index (χ3v) is 11.8. The first kappa shape index (κ1) is 44.4. The maximum atomic E-state index is 13.9. The molecule has 324 valence electrons. The lowest BCUT2D eigenvalue weighted by Gasteiger charge is -2.29. The zero-order valence-electron chi connectivity index (χ0n) is 34.8. The van der Waals surface area contributed by atoms with Gasteiger partial charge >= 0.3 is 11.9 Å². The van der Waals surface area contributed by atoms with Gasteiger partial charge in [0.15, 0.2) is 5.69 Å². The third kappa shape index (κ3) is 9.72. The summed E-state index contributed by atoms with van der Waals surface area (Å²) in [5.41, 5.74) is 4.42. The Morgan fingerprint density at radius 1 is 0.635 bits per heavy atom. The van der Waals surface area contributed by atoms with Crippen LogP contribution in [0.25, 0.3) is 16.9 Å². The number of carbonyl (C=O) groups is 4. The largest absolute Gasteiger partial charge is 0.497 e. The molecule has 2 N–H and O–H groups in total. The normalized spacial score (nSPS) is 18.1. The molecule has 5 aromatic carbocycles. The summed E-state index contributed by atoms with van der Waals surface area (Å²) >= 11 is 12.8. The highest BCUT2D eigenvalue weighted by atomic mass is 35.5. The van der Waals surface area contributed by atoms with E-state index in [1.165, 1.54) is 9.80 Å². The summed E-state index contributed by atoms with van der Waals surface area (Å²) in [6.45, 7) is 3.85. The van der Waals surface area contributed by atoms with E-state index in [1.54, 1.807) is 54.3 Å². The van der Waals surface area contributed by atoms with Crippen molar-refractivity contribution in [1.29, 1.82) is 0 Å². The van der Waals surface area contributed by atoms with Crippen LogP contribution in [0.5, 0.6) is 11.5 Å². The maximum absolute atomic E-state index is 13.9. The van der Waals surface area contributed by atoms with Crippen LogP contribution in [0.1, 0.15) is 83.6 Å². The molecule has 1 aromatic heterocycles. The molecule has 4 atom stereocenters. The van der Waals surface area contributed by atoms with Crippen LogP contribution in [0.4, 0.5) is 0 Å². The van der Waals surface area contributed by atoms with Crippen molar-refractivity contribution in [2.75, 3.05) is 7.11 Å². The first-order valence-electron chi connectivity index (χ1n) is 20.5.